The van der Waals surface area contributed by atoms with Gasteiger partial charge in [0.2, 0.25) is 0 Å². The number of carbonyl (C=O) groups is 1. The largest absolute Gasteiger partial charge is 0.392 e. The van der Waals surface area contributed by atoms with Crippen molar-refractivity contribution >= 4 is 5.91 Å². The Morgan fingerprint density at radius 1 is 1.19 bits per heavy atom. The third-order valence-corrected chi connectivity index (χ3v) is 8.75. The number of aryl methyl sites for hydroxylation is 1. The van der Waals surface area contributed by atoms with Crippen LogP contribution in [0.3, 0.4) is 0 Å². The number of rotatable bonds is 11. The standard InChI is InChI=1S/C32H47NO3/c1-3-4-9-23(2)18-28(34)14-15-29-30-21-25(20-27(30)22-31(29)35)13-12-24-10-8-11-26(19-24)32(36)33-16-6-5-7-17-33/h8,10-11,14-15,19-20,23,27-31,34-35H,3-7,9,12-13,16-18,21-22H2,1-2H3/t23-,27-,28+,29+,30-,31+/m0/s1. The van der Waals surface area contributed by atoms with Crippen molar-refractivity contribution in [1.29, 1.82) is 0 Å². The number of piperidine rings is 1. The van der Waals surface area contributed by atoms with Crippen LogP contribution in [-0.4, -0.2) is 46.3 Å². The van der Waals surface area contributed by atoms with E-state index >= 15 is 0 Å². The summed E-state index contributed by atoms with van der Waals surface area (Å²) in [4.78, 5) is 14.9. The van der Waals surface area contributed by atoms with E-state index in [0.717, 1.165) is 63.6 Å². The van der Waals surface area contributed by atoms with Gasteiger partial charge in [0, 0.05) is 24.6 Å². The van der Waals surface area contributed by atoms with Crippen LogP contribution in [0, 0.1) is 23.7 Å². The third-order valence-electron chi connectivity index (χ3n) is 8.75. The zero-order chi connectivity index (χ0) is 25.5. The first-order valence-electron chi connectivity index (χ1n) is 14.6. The van der Waals surface area contributed by atoms with Gasteiger partial charge >= 0.3 is 0 Å². The minimum Gasteiger partial charge on any atom is -0.392 e. The molecule has 1 heterocycles. The SMILES string of the molecule is CCCC[C@H](C)C[C@H](O)C=C[C@@H]1[C@H]2CC(CCc3cccc(C(=O)N4CCCCC4)c3)=C[C@H]2C[C@H]1O. The maximum Gasteiger partial charge on any atom is 0.253 e. The van der Waals surface area contributed by atoms with Gasteiger partial charge in [-0.25, -0.2) is 0 Å². The second-order valence-electron chi connectivity index (χ2n) is 11.7. The number of benzene rings is 1. The normalized spacial score (nSPS) is 27.8. The van der Waals surface area contributed by atoms with Crippen LogP contribution in [0.1, 0.15) is 94.0 Å². The van der Waals surface area contributed by atoms with Crippen LogP contribution < -0.4 is 0 Å². The van der Waals surface area contributed by atoms with E-state index in [4.69, 9.17) is 0 Å². The lowest BCUT2D eigenvalue weighted by molar-refractivity contribution is 0.0724. The monoisotopic (exact) mass is 493 g/mol. The molecule has 1 saturated heterocycles. The predicted molar refractivity (Wildman–Crippen MR) is 147 cm³/mol. The van der Waals surface area contributed by atoms with E-state index in [1.807, 2.05) is 23.1 Å². The highest BCUT2D eigenvalue weighted by Crippen LogP contribution is 2.48. The molecule has 0 aromatic heterocycles. The Labute approximate surface area is 218 Å². The number of allylic oxidation sites excluding steroid dienone is 2. The molecular formula is C32H47NO3. The lowest BCUT2D eigenvalue weighted by atomic mass is 9.88. The van der Waals surface area contributed by atoms with Crippen molar-refractivity contribution in [3.8, 4) is 0 Å². The molecule has 2 fully saturated rings. The molecule has 0 bridgehead atoms. The zero-order valence-corrected chi connectivity index (χ0v) is 22.4. The van der Waals surface area contributed by atoms with Gasteiger partial charge < -0.3 is 15.1 Å². The summed E-state index contributed by atoms with van der Waals surface area (Å²) in [6, 6.07) is 8.21. The second-order valence-corrected chi connectivity index (χ2v) is 11.7. The van der Waals surface area contributed by atoms with Crippen molar-refractivity contribution in [2.75, 3.05) is 13.1 Å². The summed E-state index contributed by atoms with van der Waals surface area (Å²) < 4.78 is 0. The molecule has 4 rings (SSSR count). The van der Waals surface area contributed by atoms with E-state index in [1.165, 1.54) is 36.8 Å². The predicted octanol–water partition coefficient (Wildman–Crippen LogP) is 6.32. The molecule has 198 valence electrons. The molecule has 36 heavy (non-hydrogen) atoms. The van der Waals surface area contributed by atoms with Gasteiger partial charge in [-0.3, -0.25) is 4.79 Å². The van der Waals surface area contributed by atoms with Gasteiger partial charge in [-0.15, -0.1) is 0 Å². The highest BCUT2D eigenvalue weighted by Gasteiger charge is 2.43. The summed E-state index contributed by atoms with van der Waals surface area (Å²) in [5.41, 5.74) is 3.53. The second kappa shape index (κ2) is 13.1. The molecule has 2 aliphatic carbocycles. The molecule has 6 atom stereocenters. The van der Waals surface area contributed by atoms with Crippen LogP contribution in [-0.2, 0) is 6.42 Å². The molecule has 0 unspecified atom stereocenters. The molecule has 3 aliphatic rings. The number of unbranched alkanes of at least 4 members (excludes halogenated alkanes) is 1. The van der Waals surface area contributed by atoms with Crippen LogP contribution >= 0.6 is 0 Å². The van der Waals surface area contributed by atoms with Gasteiger partial charge in [0.1, 0.15) is 0 Å². The fourth-order valence-electron chi connectivity index (χ4n) is 6.65. The van der Waals surface area contributed by atoms with Gasteiger partial charge in [0.05, 0.1) is 12.2 Å². The van der Waals surface area contributed by atoms with Gasteiger partial charge in [-0.05, 0) is 86.8 Å². The van der Waals surface area contributed by atoms with Gasteiger partial charge in [0.15, 0.2) is 0 Å². The van der Waals surface area contributed by atoms with Crippen molar-refractivity contribution in [3.63, 3.8) is 0 Å². The number of fused-ring (bicyclic) bond motifs is 1. The van der Waals surface area contributed by atoms with Crippen LogP contribution in [0.5, 0.6) is 0 Å². The van der Waals surface area contributed by atoms with E-state index in [1.54, 1.807) is 0 Å². The van der Waals surface area contributed by atoms with Crippen molar-refractivity contribution in [3.05, 3.63) is 59.2 Å². The van der Waals surface area contributed by atoms with Crippen molar-refractivity contribution in [2.24, 2.45) is 23.7 Å². The number of carbonyl (C=O) groups excluding carboxylic acids is 1. The van der Waals surface area contributed by atoms with Gasteiger partial charge in [-0.1, -0.05) is 69.0 Å². The van der Waals surface area contributed by atoms with E-state index < -0.39 is 6.10 Å². The summed E-state index contributed by atoms with van der Waals surface area (Å²) in [6.45, 7) is 6.20. The first-order valence-corrected chi connectivity index (χ1v) is 14.6. The topological polar surface area (TPSA) is 60.8 Å². The average Bonchev–Trinajstić information content (AvgIpc) is 3.41. The number of aliphatic hydroxyl groups is 2. The highest BCUT2D eigenvalue weighted by atomic mass is 16.3. The molecule has 1 aromatic rings. The molecule has 1 saturated carbocycles. The molecule has 1 aromatic carbocycles. The first-order chi connectivity index (χ1) is 17.4. The summed E-state index contributed by atoms with van der Waals surface area (Å²) in [7, 11) is 0. The fraction of sp³-hybridized carbons (Fsp3) is 0.656. The van der Waals surface area contributed by atoms with Gasteiger partial charge in [-0.2, -0.15) is 0 Å². The third kappa shape index (κ3) is 7.10. The summed E-state index contributed by atoms with van der Waals surface area (Å²) in [6.07, 6.45) is 17.4. The van der Waals surface area contributed by atoms with Crippen molar-refractivity contribution in [2.45, 2.75) is 96.7 Å². The van der Waals surface area contributed by atoms with E-state index in [2.05, 4.69) is 38.1 Å². The van der Waals surface area contributed by atoms with Crippen LogP contribution in [0.25, 0.3) is 0 Å². The Kier molecular flexibility index (Phi) is 9.84. The number of likely N-dealkylation sites (tertiary alicyclic amines) is 1. The van der Waals surface area contributed by atoms with Crippen molar-refractivity contribution < 1.29 is 15.0 Å². The number of aliphatic hydroxyl groups excluding tert-OH is 2. The Balaban J connectivity index is 1.28. The molecule has 2 N–H and O–H groups in total. The molecule has 1 aliphatic heterocycles. The lowest BCUT2D eigenvalue weighted by Gasteiger charge is -2.26. The van der Waals surface area contributed by atoms with Crippen molar-refractivity contribution in [1.82, 2.24) is 4.90 Å². The smallest absolute Gasteiger partial charge is 0.253 e. The summed E-state index contributed by atoms with van der Waals surface area (Å²) in [5.74, 6) is 1.73. The Morgan fingerprint density at radius 3 is 2.78 bits per heavy atom. The minimum absolute atomic E-state index is 0.134. The van der Waals surface area contributed by atoms with E-state index in [-0.39, 0.29) is 17.9 Å². The molecular weight excluding hydrogens is 446 g/mol. The fourth-order valence-corrected chi connectivity index (χ4v) is 6.65. The average molecular weight is 494 g/mol. The number of nitrogens with zero attached hydrogens (tertiary/aromatic N) is 1. The highest BCUT2D eigenvalue weighted by molar-refractivity contribution is 5.94. The molecule has 4 heteroatoms. The molecule has 0 radical (unpaired) electrons. The molecule has 0 spiro atoms. The zero-order valence-electron chi connectivity index (χ0n) is 22.4. The lowest BCUT2D eigenvalue weighted by Crippen LogP contribution is -2.35. The van der Waals surface area contributed by atoms with Gasteiger partial charge in [0.25, 0.3) is 5.91 Å². The summed E-state index contributed by atoms with van der Waals surface area (Å²) in [5, 5.41) is 21.2. The Morgan fingerprint density at radius 2 is 2.00 bits per heavy atom. The Bertz CT molecular complexity index is 916. The number of amides is 1. The Hall–Kier alpha value is -1.91. The van der Waals surface area contributed by atoms with E-state index in [9.17, 15) is 15.0 Å². The summed E-state index contributed by atoms with van der Waals surface area (Å²) >= 11 is 0. The van der Waals surface area contributed by atoms with Crippen LogP contribution in [0.2, 0.25) is 0 Å². The van der Waals surface area contributed by atoms with Crippen LogP contribution in [0.4, 0.5) is 0 Å². The first kappa shape index (κ1) is 27.1. The molecule has 4 nitrogen and oxygen atoms in total. The molecule has 1 amide bonds. The van der Waals surface area contributed by atoms with Crippen LogP contribution in [0.15, 0.2) is 48.1 Å². The minimum atomic E-state index is -0.420. The van der Waals surface area contributed by atoms with E-state index in [0.29, 0.717) is 17.8 Å². The number of hydrogen-bond donors (Lipinski definition) is 2. The number of hydrogen-bond acceptors (Lipinski definition) is 3. The quantitative estimate of drug-likeness (QED) is 0.355. The maximum atomic E-state index is 12.9. The maximum absolute atomic E-state index is 12.9.